The molecule has 248 valence electrons. The van der Waals surface area contributed by atoms with E-state index < -0.39 is 40.8 Å². The molecule has 2 aromatic carbocycles. The Labute approximate surface area is 270 Å². The van der Waals surface area contributed by atoms with Crippen molar-refractivity contribution in [2.75, 3.05) is 18.1 Å². The average Bonchev–Trinajstić information content (AvgIpc) is 3.00. The lowest BCUT2D eigenvalue weighted by Crippen LogP contribution is -2.47. The number of alkyl halides is 2. The van der Waals surface area contributed by atoms with Gasteiger partial charge < -0.3 is 24.6 Å². The Morgan fingerprint density at radius 2 is 1.89 bits per heavy atom. The number of anilines is 1. The quantitative estimate of drug-likeness (QED) is 0.259. The first-order valence-electron chi connectivity index (χ1n) is 15.3. The Morgan fingerprint density at radius 1 is 1.17 bits per heavy atom. The summed E-state index contributed by atoms with van der Waals surface area (Å²) >= 11 is 0. The number of carbonyl (C=O) groups excluding carboxylic acids is 1. The molecule has 1 fully saturated rings. The Morgan fingerprint density at radius 3 is 2.55 bits per heavy atom. The molecule has 0 spiro atoms. The molecule has 1 aliphatic heterocycles. The molecule has 0 saturated carbocycles. The van der Waals surface area contributed by atoms with Crippen LogP contribution in [-0.4, -0.2) is 57.9 Å². The topological polar surface area (TPSA) is 114 Å². The zero-order chi connectivity index (χ0) is 34.4. The number of benzene rings is 2. The highest BCUT2D eigenvalue weighted by Gasteiger charge is 2.33. The second-order valence-electron chi connectivity index (χ2n) is 12.3. The number of pyridine rings is 2. The van der Waals surface area contributed by atoms with Gasteiger partial charge in [-0.2, -0.15) is 0 Å². The molecule has 0 bridgehead atoms. The van der Waals surface area contributed by atoms with Gasteiger partial charge in [-0.25, -0.2) is 18.0 Å². The first-order valence-corrected chi connectivity index (χ1v) is 15.3. The first-order chi connectivity index (χ1) is 22.1. The lowest BCUT2D eigenvalue weighted by atomic mass is 9.91. The van der Waals surface area contributed by atoms with Crippen LogP contribution in [0.25, 0.3) is 22.0 Å². The molecule has 0 aliphatic carbocycles. The molecule has 0 unspecified atom stereocenters. The predicted octanol–water partition coefficient (Wildman–Crippen LogP) is 5.51. The van der Waals surface area contributed by atoms with Crippen molar-refractivity contribution in [2.24, 2.45) is 7.05 Å². The van der Waals surface area contributed by atoms with Crippen molar-refractivity contribution >= 4 is 28.5 Å². The van der Waals surface area contributed by atoms with Crippen LogP contribution in [0.3, 0.4) is 0 Å². The normalized spacial score (nSPS) is 17.5. The molecule has 3 atom stereocenters. The van der Waals surface area contributed by atoms with Crippen LogP contribution in [0, 0.1) is 19.7 Å². The fourth-order valence-electron chi connectivity index (χ4n) is 6.13. The van der Waals surface area contributed by atoms with Crippen molar-refractivity contribution in [3.63, 3.8) is 0 Å². The van der Waals surface area contributed by atoms with Crippen LogP contribution in [-0.2, 0) is 28.9 Å². The maximum atomic E-state index is 15.5. The summed E-state index contributed by atoms with van der Waals surface area (Å²) in [7, 11) is 1.49. The number of hydrogen-bond donors (Lipinski definition) is 2. The van der Waals surface area contributed by atoms with Crippen LogP contribution in [0.2, 0.25) is 0 Å². The molecule has 12 heteroatoms. The van der Waals surface area contributed by atoms with E-state index in [-0.39, 0.29) is 40.8 Å². The summed E-state index contributed by atoms with van der Waals surface area (Å²) in [5, 5.41) is 13.0. The van der Waals surface area contributed by atoms with E-state index in [2.05, 4.69) is 10.3 Å². The number of carbonyl (C=O) groups is 2. The summed E-state index contributed by atoms with van der Waals surface area (Å²) in [6.45, 7) is 8.78. The standard InChI is InChI=1S/C35H37F3N4O5/c1-18-12-23(42-16-21(4)47-17-20(42)3)15-27(36)29(18)32(43)40-28(34(45)46)14-22-9-10-25(31-24(22)8-7-11-39-31)30-26(35(5,37)38)13-19(2)41(6)33(30)44/h7-13,15,20-21,28H,14,16-17H2,1-6H3,(H,40,43)(H,45,46)/t20-,21-,28+/m1/s1. The van der Waals surface area contributed by atoms with Gasteiger partial charge >= 0.3 is 5.97 Å². The molecular weight excluding hydrogens is 613 g/mol. The summed E-state index contributed by atoms with van der Waals surface area (Å²) in [5.74, 6) is -6.36. The fraction of sp³-hybridized carbons (Fsp3) is 0.371. The highest BCUT2D eigenvalue weighted by molar-refractivity contribution is 5.99. The van der Waals surface area contributed by atoms with Crippen molar-refractivity contribution < 1.29 is 32.6 Å². The minimum absolute atomic E-state index is 0.00386. The number of aliphatic carboxylic acids is 1. The van der Waals surface area contributed by atoms with E-state index in [0.29, 0.717) is 41.0 Å². The third-order valence-corrected chi connectivity index (χ3v) is 8.74. The van der Waals surface area contributed by atoms with Crippen molar-refractivity contribution in [3.05, 3.63) is 92.8 Å². The van der Waals surface area contributed by atoms with Gasteiger partial charge in [0.15, 0.2) is 0 Å². The molecule has 9 nitrogen and oxygen atoms in total. The van der Waals surface area contributed by atoms with Crippen LogP contribution in [0.5, 0.6) is 0 Å². The van der Waals surface area contributed by atoms with Gasteiger partial charge in [-0.1, -0.05) is 18.2 Å². The van der Waals surface area contributed by atoms with E-state index in [9.17, 15) is 28.3 Å². The summed E-state index contributed by atoms with van der Waals surface area (Å²) in [4.78, 5) is 45.5. The second-order valence-corrected chi connectivity index (χ2v) is 12.3. The van der Waals surface area contributed by atoms with Crippen LogP contribution in [0.1, 0.15) is 53.5 Å². The molecule has 4 aromatic rings. The Balaban J connectivity index is 1.49. The van der Waals surface area contributed by atoms with Crippen LogP contribution in [0.4, 0.5) is 18.9 Å². The van der Waals surface area contributed by atoms with Gasteiger partial charge in [-0.3, -0.25) is 14.6 Å². The minimum Gasteiger partial charge on any atom is -0.480 e. The monoisotopic (exact) mass is 650 g/mol. The molecule has 5 rings (SSSR count). The molecular formula is C35H37F3N4O5. The summed E-state index contributed by atoms with van der Waals surface area (Å²) in [6, 6.07) is 8.99. The number of carboxylic acids is 1. The van der Waals surface area contributed by atoms with Gasteiger partial charge in [0, 0.05) is 67.1 Å². The van der Waals surface area contributed by atoms with Crippen molar-refractivity contribution in [1.29, 1.82) is 0 Å². The van der Waals surface area contributed by atoms with Crippen LogP contribution >= 0.6 is 0 Å². The number of aromatic nitrogens is 2. The molecule has 47 heavy (non-hydrogen) atoms. The highest BCUT2D eigenvalue weighted by atomic mass is 19.3. The third-order valence-electron chi connectivity index (χ3n) is 8.74. The summed E-state index contributed by atoms with van der Waals surface area (Å²) in [5.41, 5.74) is 0.564. The number of nitrogens with zero attached hydrogens (tertiary/aromatic N) is 3. The van der Waals surface area contributed by atoms with Crippen LogP contribution < -0.4 is 15.8 Å². The smallest absolute Gasteiger partial charge is 0.326 e. The van der Waals surface area contributed by atoms with E-state index in [1.54, 1.807) is 32.0 Å². The highest BCUT2D eigenvalue weighted by Crippen LogP contribution is 2.37. The van der Waals surface area contributed by atoms with Crippen molar-refractivity contribution in [2.45, 2.75) is 65.1 Å². The number of aryl methyl sites for hydroxylation is 2. The zero-order valence-corrected chi connectivity index (χ0v) is 27.0. The number of fused-ring (bicyclic) bond motifs is 1. The second kappa shape index (κ2) is 12.8. The van der Waals surface area contributed by atoms with Gasteiger partial charge in [-0.05, 0) is 63.1 Å². The number of halogens is 3. The van der Waals surface area contributed by atoms with Crippen LogP contribution in [0.15, 0.2) is 53.5 Å². The number of carboxylic acid groups (broad SMARTS) is 1. The lowest BCUT2D eigenvalue weighted by molar-refractivity contribution is -0.139. The number of rotatable bonds is 8. The molecule has 2 aromatic heterocycles. The maximum absolute atomic E-state index is 15.5. The predicted molar refractivity (Wildman–Crippen MR) is 173 cm³/mol. The van der Waals surface area contributed by atoms with E-state index in [1.807, 2.05) is 18.7 Å². The van der Waals surface area contributed by atoms with Crippen molar-refractivity contribution in [3.8, 4) is 11.1 Å². The lowest BCUT2D eigenvalue weighted by Gasteiger charge is -2.38. The van der Waals surface area contributed by atoms with E-state index in [0.717, 1.165) is 6.92 Å². The van der Waals surface area contributed by atoms with E-state index in [1.165, 1.54) is 42.1 Å². The van der Waals surface area contributed by atoms with Gasteiger partial charge in [0.25, 0.3) is 17.4 Å². The maximum Gasteiger partial charge on any atom is 0.326 e. The zero-order valence-electron chi connectivity index (χ0n) is 27.0. The average molecular weight is 651 g/mol. The number of hydrogen-bond acceptors (Lipinski definition) is 6. The van der Waals surface area contributed by atoms with Gasteiger partial charge in [0.2, 0.25) is 0 Å². The molecule has 2 N–H and O–H groups in total. The SMILES string of the molecule is Cc1cc(N2C[C@@H](C)OC[C@H]2C)cc(F)c1C(=O)N[C@@H](Cc1ccc(-c2c(C(C)(F)F)cc(C)n(C)c2=O)c2ncccc12)C(=O)O. The van der Waals surface area contributed by atoms with Gasteiger partial charge in [0.1, 0.15) is 11.9 Å². The van der Waals surface area contributed by atoms with E-state index in [4.69, 9.17) is 4.74 Å². The number of morpholine rings is 1. The fourth-order valence-corrected chi connectivity index (χ4v) is 6.13. The van der Waals surface area contributed by atoms with Gasteiger partial charge in [0.05, 0.1) is 29.4 Å². The van der Waals surface area contributed by atoms with Gasteiger partial charge in [-0.15, -0.1) is 0 Å². The summed E-state index contributed by atoms with van der Waals surface area (Å²) < 4.78 is 52.0. The van der Waals surface area contributed by atoms with E-state index >= 15 is 4.39 Å². The first kappa shape index (κ1) is 33.6. The number of amides is 1. The largest absolute Gasteiger partial charge is 0.480 e. The van der Waals surface area contributed by atoms with Crippen molar-refractivity contribution in [1.82, 2.24) is 14.9 Å². The molecule has 1 amide bonds. The molecule has 3 heterocycles. The number of ether oxygens (including phenoxy) is 1. The molecule has 0 radical (unpaired) electrons. The Kier molecular flexibility index (Phi) is 9.18. The molecule has 1 aliphatic rings. The molecule has 1 saturated heterocycles. The number of nitrogens with one attached hydrogen (secondary N) is 1. The Hall–Kier alpha value is -4.71. The minimum atomic E-state index is -3.34. The Bertz CT molecular complexity index is 1910. The third kappa shape index (κ3) is 6.60. The summed E-state index contributed by atoms with van der Waals surface area (Å²) in [6.07, 6.45) is 1.17.